The lowest BCUT2D eigenvalue weighted by Gasteiger charge is -2.01. The fourth-order valence-corrected chi connectivity index (χ4v) is 0.874. The van der Waals surface area contributed by atoms with Crippen molar-refractivity contribution in [3.63, 3.8) is 0 Å². The third-order valence-electron chi connectivity index (χ3n) is 1.32. The first-order valence-electron chi connectivity index (χ1n) is 3.13. The van der Waals surface area contributed by atoms with Crippen molar-refractivity contribution >= 4 is 11.6 Å². The Balaban J connectivity index is 3.05. The van der Waals surface area contributed by atoms with Gasteiger partial charge in [0.15, 0.2) is 0 Å². The van der Waals surface area contributed by atoms with Crippen molar-refractivity contribution in [3.05, 3.63) is 28.5 Å². The zero-order valence-corrected chi connectivity index (χ0v) is 6.65. The van der Waals surface area contributed by atoms with Gasteiger partial charge in [0, 0.05) is 11.8 Å². The summed E-state index contributed by atoms with van der Waals surface area (Å²) in [6.45, 7) is -0.860. The fourth-order valence-electron chi connectivity index (χ4n) is 0.721. The zero-order valence-electron chi connectivity index (χ0n) is 5.90. The molecular weight excluding hydrogens is 191 g/mol. The Bertz CT molecular complexity index is 277. The van der Waals surface area contributed by atoms with Crippen LogP contribution in [0.25, 0.3) is 0 Å². The maximum Gasteiger partial charge on any atom is 0.280 e. The van der Waals surface area contributed by atoms with Crippen LogP contribution in [-0.2, 0) is 6.67 Å². The molecule has 0 saturated carbocycles. The molecule has 0 aliphatic carbocycles. The van der Waals surface area contributed by atoms with E-state index in [1.54, 1.807) is 0 Å². The highest BCUT2D eigenvalue weighted by molar-refractivity contribution is 6.31. The molecule has 5 heteroatoms. The standard InChI is InChI=1S/C7H5ClF3N/c8-5-3-12-6(7(10)11)1-4(5)2-9/h1,3,7H,2H2. The third-order valence-corrected chi connectivity index (χ3v) is 1.66. The van der Waals surface area contributed by atoms with E-state index in [1.807, 2.05) is 0 Å². The molecule has 0 aliphatic rings. The highest BCUT2D eigenvalue weighted by atomic mass is 35.5. The number of hydrogen-bond acceptors (Lipinski definition) is 1. The summed E-state index contributed by atoms with van der Waals surface area (Å²) >= 11 is 5.45. The predicted molar refractivity (Wildman–Crippen MR) is 39.0 cm³/mol. The van der Waals surface area contributed by atoms with Gasteiger partial charge in [-0.1, -0.05) is 11.6 Å². The molecule has 1 heterocycles. The van der Waals surface area contributed by atoms with Crippen LogP contribution in [0.5, 0.6) is 0 Å². The average molecular weight is 196 g/mol. The van der Waals surface area contributed by atoms with Crippen LogP contribution in [0, 0.1) is 0 Å². The van der Waals surface area contributed by atoms with Gasteiger partial charge in [-0.3, -0.25) is 4.98 Å². The topological polar surface area (TPSA) is 12.9 Å². The van der Waals surface area contributed by atoms with Crippen molar-refractivity contribution in [3.8, 4) is 0 Å². The van der Waals surface area contributed by atoms with E-state index in [-0.39, 0.29) is 10.6 Å². The monoisotopic (exact) mass is 195 g/mol. The average Bonchev–Trinajstić information content (AvgIpc) is 2.05. The van der Waals surface area contributed by atoms with Crippen LogP contribution in [-0.4, -0.2) is 4.98 Å². The molecule has 0 fully saturated rings. The molecule has 1 nitrogen and oxygen atoms in total. The predicted octanol–water partition coefficient (Wildman–Crippen LogP) is 3.14. The molecule has 0 aromatic carbocycles. The van der Waals surface area contributed by atoms with Gasteiger partial charge in [-0.05, 0) is 6.07 Å². The minimum Gasteiger partial charge on any atom is -0.254 e. The summed E-state index contributed by atoms with van der Waals surface area (Å²) in [5, 5.41) is 0.0712. The number of alkyl halides is 3. The first-order valence-corrected chi connectivity index (χ1v) is 3.51. The minimum atomic E-state index is -2.69. The van der Waals surface area contributed by atoms with E-state index < -0.39 is 18.8 Å². The highest BCUT2D eigenvalue weighted by Crippen LogP contribution is 2.22. The summed E-state index contributed by atoms with van der Waals surface area (Å²) in [6.07, 6.45) is -1.66. The molecule has 0 bridgehead atoms. The van der Waals surface area contributed by atoms with E-state index in [1.165, 1.54) is 0 Å². The van der Waals surface area contributed by atoms with Crippen molar-refractivity contribution < 1.29 is 13.2 Å². The molecule has 0 radical (unpaired) electrons. The summed E-state index contributed by atoms with van der Waals surface area (Å²) in [5.74, 6) is 0. The first kappa shape index (κ1) is 9.32. The van der Waals surface area contributed by atoms with E-state index in [2.05, 4.69) is 4.98 Å². The van der Waals surface area contributed by atoms with E-state index >= 15 is 0 Å². The smallest absolute Gasteiger partial charge is 0.254 e. The van der Waals surface area contributed by atoms with Crippen LogP contribution in [0.1, 0.15) is 17.7 Å². The lowest BCUT2D eigenvalue weighted by molar-refractivity contribution is 0.146. The molecule has 1 rings (SSSR count). The number of aromatic nitrogens is 1. The molecule has 0 amide bonds. The van der Waals surface area contributed by atoms with E-state index in [9.17, 15) is 13.2 Å². The third kappa shape index (κ3) is 1.88. The molecule has 0 unspecified atom stereocenters. The summed E-state index contributed by atoms with van der Waals surface area (Å²) in [5.41, 5.74) is -0.408. The first-order chi connectivity index (χ1) is 5.65. The van der Waals surface area contributed by atoms with Crippen LogP contribution < -0.4 is 0 Å². The Morgan fingerprint density at radius 2 is 2.17 bits per heavy atom. The Morgan fingerprint density at radius 1 is 1.50 bits per heavy atom. The van der Waals surface area contributed by atoms with Crippen LogP contribution in [0.3, 0.4) is 0 Å². The number of hydrogen-bond donors (Lipinski definition) is 0. The van der Waals surface area contributed by atoms with Gasteiger partial charge in [0.25, 0.3) is 6.43 Å². The van der Waals surface area contributed by atoms with Crippen LogP contribution in [0.15, 0.2) is 12.3 Å². The molecule has 66 valence electrons. The molecule has 0 spiro atoms. The summed E-state index contributed by atoms with van der Waals surface area (Å²) in [4.78, 5) is 3.34. The number of nitrogens with zero attached hydrogens (tertiary/aromatic N) is 1. The molecule has 1 aromatic rings. The largest absolute Gasteiger partial charge is 0.280 e. The Kier molecular flexibility index (Phi) is 2.92. The minimum absolute atomic E-state index is 0.0435. The normalized spacial score (nSPS) is 10.8. The van der Waals surface area contributed by atoms with Gasteiger partial charge in [-0.25, -0.2) is 13.2 Å². The Labute approximate surface area is 72.2 Å². The van der Waals surface area contributed by atoms with Crippen LogP contribution in [0.4, 0.5) is 13.2 Å². The molecular formula is C7H5ClF3N. The van der Waals surface area contributed by atoms with Crippen molar-refractivity contribution in [1.29, 1.82) is 0 Å². The molecule has 0 N–H and O–H groups in total. The van der Waals surface area contributed by atoms with Gasteiger partial charge in [0.1, 0.15) is 12.4 Å². The number of rotatable bonds is 2. The molecule has 0 aliphatic heterocycles. The van der Waals surface area contributed by atoms with E-state index in [4.69, 9.17) is 11.6 Å². The number of halogens is 4. The van der Waals surface area contributed by atoms with Gasteiger partial charge in [-0.2, -0.15) is 0 Å². The van der Waals surface area contributed by atoms with Crippen LogP contribution >= 0.6 is 11.6 Å². The second-order valence-corrected chi connectivity index (χ2v) is 2.54. The second kappa shape index (κ2) is 3.76. The summed E-state index contributed by atoms with van der Waals surface area (Å²) < 4.78 is 36.0. The van der Waals surface area contributed by atoms with Gasteiger partial charge in [0.2, 0.25) is 0 Å². The van der Waals surface area contributed by atoms with Crippen molar-refractivity contribution in [1.82, 2.24) is 4.98 Å². The summed E-state index contributed by atoms with van der Waals surface area (Å²) in [6, 6.07) is 0.965. The van der Waals surface area contributed by atoms with Gasteiger partial charge in [-0.15, -0.1) is 0 Å². The summed E-state index contributed by atoms with van der Waals surface area (Å²) in [7, 11) is 0. The lowest BCUT2D eigenvalue weighted by atomic mass is 10.2. The van der Waals surface area contributed by atoms with E-state index in [0.717, 1.165) is 12.3 Å². The quantitative estimate of drug-likeness (QED) is 0.707. The maximum atomic E-state index is 12.1. The van der Waals surface area contributed by atoms with Crippen molar-refractivity contribution in [2.24, 2.45) is 0 Å². The van der Waals surface area contributed by atoms with Gasteiger partial charge in [0.05, 0.1) is 5.02 Å². The molecule has 1 aromatic heterocycles. The van der Waals surface area contributed by atoms with Crippen molar-refractivity contribution in [2.45, 2.75) is 13.1 Å². The van der Waals surface area contributed by atoms with Crippen LogP contribution in [0.2, 0.25) is 5.02 Å². The van der Waals surface area contributed by atoms with Gasteiger partial charge < -0.3 is 0 Å². The molecule has 12 heavy (non-hydrogen) atoms. The SMILES string of the molecule is FCc1cc(C(F)F)ncc1Cl. The number of pyridine rings is 1. The van der Waals surface area contributed by atoms with Gasteiger partial charge >= 0.3 is 0 Å². The Morgan fingerprint density at radius 3 is 2.67 bits per heavy atom. The lowest BCUT2D eigenvalue weighted by Crippen LogP contribution is -1.92. The fraction of sp³-hybridized carbons (Fsp3) is 0.286. The second-order valence-electron chi connectivity index (χ2n) is 2.13. The zero-order chi connectivity index (χ0) is 9.14. The van der Waals surface area contributed by atoms with E-state index in [0.29, 0.717) is 0 Å². The Hall–Kier alpha value is -0.770. The molecule has 0 atom stereocenters. The van der Waals surface area contributed by atoms with Crippen molar-refractivity contribution in [2.75, 3.05) is 0 Å². The molecule has 0 saturated heterocycles. The maximum absolute atomic E-state index is 12.1. The highest BCUT2D eigenvalue weighted by Gasteiger charge is 2.10.